The van der Waals surface area contributed by atoms with Crippen molar-refractivity contribution in [3.63, 3.8) is 0 Å². The monoisotopic (exact) mass is 486 g/mol. The van der Waals surface area contributed by atoms with E-state index in [4.69, 9.17) is 17.0 Å². The average Bonchev–Trinajstić information content (AvgIpc) is 3.28. The van der Waals surface area contributed by atoms with Crippen LogP contribution in [-0.4, -0.2) is 33.8 Å². The second kappa shape index (κ2) is 10.5. The molecular weight excluding hydrogens is 462 g/mol. The molecule has 1 aliphatic heterocycles. The van der Waals surface area contributed by atoms with Gasteiger partial charge in [0.25, 0.3) is 12.3 Å². The van der Waals surface area contributed by atoms with Crippen LogP contribution in [0, 0.1) is 0 Å². The number of nitrogens with one attached hydrogen (secondary N) is 4. The molecular formula is C23H24F2N6O2S. The summed E-state index contributed by atoms with van der Waals surface area (Å²) in [6, 6.07) is 14.9. The lowest BCUT2D eigenvalue weighted by Gasteiger charge is -2.32. The summed E-state index contributed by atoms with van der Waals surface area (Å²) in [5, 5.41) is 10.3. The molecule has 0 bridgehead atoms. The highest BCUT2D eigenvalue weighted by molar-refractivity contribution is 7.80. The smallest absolute Gasteiger partial charge is 0.275 e. The fraction of sp³-hybridized carbons (Fsp3) is 0.261. The molecule has 0 aliphatic carbocycles. The summed E-state index contributed by atoms with van der Waals surface area (Å²) in [4.78, 5) is 12.9. The molecule has 0 unspecified atom stereocenters. The van der Waals surface area contributed by atoms with E-state index in [0.29, 0.717) is 18.0 Å². The van der Waals surface area contributed by atoms with Gasteiger partial charge in [0.15, 0.2) is 5.11 Å². The number of thiocarbonyl (C=S) groups is 1. The lowest BCUT2D eigenvalue weighted by molar-refractivity contribution is 0.0656. The maximum absolute atomic E-state index is 13.8. The van der Waals surface area contributed by atoms with Crippen molar-refractivity contribution in [1.29, 1.82) is 0 Å². The Balaban J connectivity index is 1.46. The van der Waals surface area contributed by atoms with E-state index in [1.54, 1.807) is 12.1 Å². The molecule has 8 nitrogen and oxygen atoms in total. The first-order chi connectivity index (χ1) is 16.5. The van der Waals surface area contributed by atoms with Gasteiger partial charge in [-0.25, -0.2) is 13.5 Å². The van der Waals surface area contributed by atoms with Gasteiger partial charge in [0, 0.05) is 0 Å². The number of para-hydroxylation sites is 2. The number of nitrogens with zero attached hydrogens (tertiary/aromatic N) is 2. The molecule has 3 aromatic rings. The van der Waals surface area contributed by atoms with Gasteiger partial charge < -0.3 is 15.4 Å². The van der Waals surface area contributed by atoms with Gasteiger partial charge in [-0.15, -0.1) is 0 Å². The zero-order valence-electron chi connectivity index (χ0n) is 18.3. The van der Waals surface area contributed by atoms with Crippen molar-refractivity contribution in [2.24, 2.45) is 0 Å². The van der Waals surface area contributed by atoms with Crippen molar-refractivity contribution in [2.75, 3.05) is 17.2 Å². The number of amides is 1. The van der Waals surface area contributed by atoms with E-state index >= 15 is 0 Å². The summed E-state index contributed by atoms with van der Waals surface area (Å²) in [5.74, 6) is 0.267. The SMILES string of the molecule is CCOc1ccccc1NC(=S)NNC(=O)c1cnn2c1N[C@@H](c1ccccc1)C[C@H]2C(F)F. The number of carbonyl (C=O) groups excluding carboxylic acids is 1. The number of benzene rings is 2. The Morgan fingerprint density at radius 3 is 2.68 bits per heavy atom. The molecule has 11 heteroatoms. The van der Waals surface area contributed by atoms with Crippen LogP contribution in [0.5, 0.6) is 5.75 Å². The molecule has 0 fully saturated rings. The molecule has 1 aliphatic rings. The van der Waals surface area contributed by atoms with Gasteiger partial charge in [0.05, 0.1) is 24.5 Å². The molecule has 0 radical (unpaired) electrons. The summed E-state index contributed by atoms with van der Waals surface area (Å²) < 4.78 is 34.3. The van der Waals surface area contributed by atoms with Crippen molar-refractivity contribution in [1.82, 2.24) is 20.6 Å². The fourth-order valence-electron chi connectivity index (χ4n) is 3.79. The van der Waals surface area contributed by atoms with E-state index in [-0.39, 0.29) is 29.0 Å². The highest BCUT2D eigenvalue weighted by Gasteiger charge is 2.36. The standard InChI is InChI=1S/C23H24F2N6O2S/c1-2-33-19-11-7-6-10-16(19)28-23(34)30-29-22(32)15-13-26-31-18(20(24)25)12-17(27-21(15)31)14-8-4-3-5-9-14/h3-11,13,17-18,20,27H,2,12H2,1H3,(H,29,32)(H2,28,30,34)/t17-,18+/m1/s1. The van der Waals surface area contributed by atoms with Gasteiger partial charge in [-0.3, -0.25) is 15.6 Å². The number of anilines is 2. The van der Waals surface area contributed by atoms with Crippen molar-refractivity contribution >= 4 is 34.7 Å². The highest BCUT2D eigenvalue weighted by atomic mass is 32.1. The maximum Gasteiger partial charge on any atom is 0.275 e. The van der Waals surface area contributed by atoms with Gasteiger partial charge >= 0.3 is 0 Å². The Labute approximate surface area is 200 Å². The van der Waals surface area contributed by atoms with E-state index in [1.807, 2.05) is 49.4 Å². The van der Waals surface area contributed by atoms with Crippen LogP contribution in [-0.2, 0) is 0 Å². The first-order valence-electron chi connectivity index (χ1n) is 10.7. The Bertz CT molecular complexity index is 1160. The van der Waals surface area contributed by atoms with E-state index < -0.39 is 18.4 Å². The molecule has 0 spiro atoms. The van der Waals surface area contributed by atoms with Crippen molar-refractivity contribution < 1.29 is 18.3 Å². The molecule has 0 saturated carbocycles. The maximum atomic E-state index is 13.8. The van der Waals surface area contributed by atoms with Crippen LogP contribution in [0.2, 0.25) is 0 Å². The van der Waals surface area contributed by atoms with Crippen LogP contribution in [0.4, 0.5) is 20.3 Å². The lowest BCUT2D eigenvalue weighted by Crippen LogP contribution is -2.44. The Hall–Kier alpha value is -3.73. The Kier molecular flexibility index (Phi) is 7.21. The molecule has 0 saturated heterocycles. The molecule has 1 aromatic heterocycles. The summed E-state index contributed by atoms with van der Waals surface area (Å²) in [7, 11) is 0. The molecule has 2 aromatic carbocycles. The number of carbonyl (C=O) groups is 1. The summed E-state index contributed by atoms with van der Waals surface area (Å²) in [5.41, 5.74) is 6.72. The number of hydrogen-bond acceptors (Lipinski definition) is 5. The fourth-order valence-corrected chi connectivity index (χ4v) is 3.95. The zero-order valence-corrected chi connectivity index (χ0v) is 19.1. The molecule has 4 N–H and O–H groups in total. The van der Waals surface area contributed by atoms with Gasteiger partial charge in [0.1, 0.15) is 23.2 Å². The predicted molar refractivity (Wildman–Crippen MR) is 129 cm³/mol. The second-order valence-electron chi connectivity index (χ2n) is 7.56. The first-order valence-corrected chi connectivity index (χ1v) is 11.1. The highest BCUT2D eigenvalue weighted by Crippen LogP contribution is 2.39. The van der Waals surface area contributed by atoms with E-state index in [2.05, 4.69) is 26.6 Å². The van der Waals surface area contributed by atoms with Crippen molar-refractivity contribution in [3.05, 3.63) is 71.9 Å². The first kappa shape index (κ1) is 23.4. The minimum Gasteiger partial charge on any atom is -0.492 e. The van der Waals surface area contributed by atoms with Crippen molar-refractivity contribution in [2.45, 2.75) is 31.9 Å². The number of alkyl halides is 2. The minimum absolute atomic E-state index is 0.122. The Morgan fingerprint density at radius 1 is 1.21 bits per heavy atom. The van der Waals surface area contributed by atoms with E-state index in [1.165, 1.54) is 10.9 Å². The number of hydrazine groups is 1. The molecule has 178 valence electrons. The second-order valence-corrected chi connectivity index (χ2v) is 7.97. The van der Waals surface area contributed by atoms with Crippen LogP contribution in [0.25, 0.3) is 0 Å². The van der Waals surface area contributed by atoms with Crippen LogP contribution in [0.1, 0.15) is 41.3 Å². The number of fused-ring (bicyclic) bond motifs is 1. The third kappa shape index (κ3) is 5.09. The molecule has 2 heterocycles. The van der Waals surface area contributed by atoms with Crippen LogP contribution < -0.4 is 26.2 Å². The number of aromatic nitrogens is 2. The predicted octanol–water partition coefficient (Wildman–Crippen LogP) is 4.28. The number of ether oxygens (including phenoxy) is 1. The van der Waals surface area contributed by atoms with Crippen molar-refractivity contribution in [3.8, 4) is 5.75 Å². The summed E-state index contributed by atoms with van der Waals surface area (Å²) >= 11 is 5.26. The number of rotatable bonds is 6. The number of halogens is 2. The van der Waals surface area contributed by atoms with E-state index in [9.17, 15) is 13.6 Å². The van der Waals surface area contributed by atoms with Gasteiger partial charge in [0.2, 0.25) is 0 Å². The molecule has 1 amide bonds. The third-order valence-corrected chi connectivity index (χ3v) is 5.56. The quantitative estimate of drug-likeness (QED) is 0.305. The van der Waals surface area contributed by atoms with E-state index in [0.717, 1.165) is 5.56 Å². The largest absolute Gasteiger partial charge is 0.492 e. The minimum atomic E-state index is -2.64. The molecule has 34 heavy (non-hydrogen) atoms. The summed E-state index contributed by atoms with van der Waals surface area (Å²) in [6.45, 7) is 2.36. The summed E-state index contributed by atoms with van der Waals surface area (Å²) in [6.07, 6.45) is -1.23. The molecule has 4 rings (SSSR count). The average molecular weight is 487 g/mol. The van der Waals surface area contributed by atoms with Gasteiger partial charge in [-0.2, -0.15) is 5.10 Å². The van der Waals surface area contributed by atoms with Gasteiger partial charge in [-0.1, -0.05) is 42.5 Å². The topological polar surface area (TPSA) is 92.2 Å². The van der Waals surface area contributed by atoms with Crippen LogP contribution in [0.15, 0.2) is 60.8 Å². The van der Waals surface area contributed by atoms with Gasteiger partial charge in [-0.05, 0) is 43.3 Å². The normalized spacial score (nSPS) is 16.8. The van der Waals surface area contributed by atoms with Crippen LogP contribution in [0.3, 0.4) is 0 Å². The zero-order chi connectivity index (χ0) is 24.1. The number of hydrogen-bond donors (Lipinski definition) is 4. The lowest BCUT2D eigenvalue weighted by atomic mass is 9.97. The van der Waals surface area contributed by atoms with Crippen LogP contribution >= 0.6 is 12.2 Å². The Morgan fingerprint density at radius 2 is 1.94 bits per heavy atom. The molecule has 2 atom stereocenters. The third-order valence-electron chi connectivity index (χ3n) is 5.36.